The molecule has 0 heterocycles. The maximum atomic E-state index is 12.9. The Balaban J connectivity index is 2.52. The normalized spacial score (nSPS) is 11.7. The molecular formula is C12H19FN2O3S. The van der Waals surface area contributed by atoms with Gasteiger partial charge in [0, 0.05) is 20.3 Å². The number of ether oxygens (including phenoxy) is 1. The molecule has 5 nitrogen and oxygen atoms in total. The molecule has 0 bridgehead atoms. The fourth-order valence-corrected chi connectivity index (χ4v) is 2.78. The van der Waals surface area contributed by atoms with Gasteiger partial charge in [0.2, 0.25) is 10.0 Å². The molecule has 1 aromatic carbocycles. The molecule has 0 saturated carbocycles. The third-order valence-electron chi connectivity index (χ3n) is 2.58. The number of hydrogen-bond acceptors (Lipinski definition) is 4. The van der Waals surface area contributed by atoms with Gasteiger partial charge in [0.1, 0.15) is 10.7 Å². The maximum Gasteiger partial charge on any atom is 0.242 e. The van der Waals surface area contributed by atoms with Gasteiger partial charge in [-0.2, -0.15) is 0 Å². The summed E-state index contributed by atoms with van der Waals surface area (Å²) in [6, 6.07) is 3.23. The van der Waals surface area contributed by atoms with E-state index in [0.717, 1.165) is 31.0 Å². The van der Waals surface area contributed by atoms with Crippen LogP contribution >= 0.6 is 0 Å². The van der Waals surface area contributed by atoms with E-state index in [4.69, 9.17) is 10.5 Å². The summed E-state index contributed by atoms with van der Waals surface area (Å²) >= 11 is 0. The van der Waals surface area contributed by atoms with Crippen LogP contribution in [0.25, 0.3) is 0 Å². The summed E-state index contributed by atoms with van der Waals surface area (Å²) in [6.45, 7) is 0.987. The minimum atomic E-state index is -3.67. The Morgan fingerprint density at radius 3 is 2.68 bits per heavy atom. The highest BCUT2D eigenvalue weighted by atomic mass is 32.2. The Hall–Kier alpha value is -1.18. The van der Waals surface area contributed by atoms with E-state index in [0.29, 0.717) is 19.6 Å². The first kappa shape index (κ1) is 15.9. The van der Waals surface area contributed by atoms with E-state index in [1.807, 2.05) is 0 Å². The first-order valence-electron chi connectivity index (χ1n) is 6.01. The zero-order valence-corrected chi connectivity index (χ0v) is 11.7. The van der Waals surface area contributed by atoms with Crippen molar-refractivity contribution in [2.45, 2.75) is 24.2 Å². The van der Waals surface area contributed by atoms with Crippen molar-refractivity contribution in [2.75, 3.05) is 26.0 Å². The third-order valence-corrected chi connectivity index (χ3v) is 4.11. The van der Waals surface area contributed by atoms with E-state index >= 15 is 0 Å². The minimum Gasteiger partial charge on any atom is -0.398 e. The molecule has 0 saturated heterocycles. The highest BCUT2D eigenvalue weighted by molar-refractivity contribution is 7.89. The van der Waals surface area contributed by atoms with Crippen molar-refractivity contribution in [3.63, 3.8) is 0 Å². The van der Waals surface area contributed by atoms with Gasteiger partial charge in [-0.05, 0) is 37.5 Å². The van der Waals surface area contributed by atoms with Crippen LogP contribution in [0.2, 0.25) is 0 Å². The second-order valence-electron chi connectivity index (χ2n) is 4.13. The number of halogens is 1. The molecule has 7 heteroatoms. The first-order chi connectivity index (χ1) is 8.97. The third kappa shape index (κ3) is 5.14. The second-order valence-corrected chi connectivity index (χ2v) is 5.87. The number of nitrogens with two attached hydrogens (primary N) is 1. The molecule has 0 unspecified atom stereocenters. The van der Waals surface area contributed by atoms with Crippen LogP contribution in [-0.4, -0.2) is 28.7 Å². The molecule has 1 rings (SSSR count). The van der Waals surface area contributed by atoms with Gasteiger partial charge < -0.3 is 10.5 Å². The number of nitrogen functional groups attached to an aromatic ring is 1. The zero-order valence-electron chi connectivity index (χ0n) is 10.9. The average molecular weight is 290 g/mol. The fourth-order valence-electron chi connectivity index (χ4n) is 1.60. The fraction of sp³-hybridized carbons (Fsp3) is 0.500. The Morgan fingerprint density at radius 1 is 1.32 bits per heavy atom. The summed E-state index contributed by atoms with van der Waals surface area (Å²) in [5, 5.41) is 0. The molecule has 0 spiro atoms. The molecule has 19 heavy (non-hydrogen) atoms. The Kier molecular flexibility index (Phi) is 6.20. The monoisotopic (exact) mass is 290 g/mol. The molecule has 3 N–H and O–H groups in total. The number of anilines is 1. The topological polar surface area (TPSA) is 81.4 Å². The quantitative estimate of drug-likeness (QED) is 0.561. The summed E-state index contributed by atoms with van der Waals surface area (Å²) in [4.78, 5) is -0.0919. The van der Waals surface area contributed by atoms with Gasteiger partial charge in [-0.3, -0.25) is 0 Å². The van der Waals surface area contributed by atoms with Crippen LogP contribution in [0.5, 0.6) is 0 Å². The molecule has 0 aliphatic heterocycles. The molecule has 0 radical (unpaired) electrons. The van der Waals surface area contributed by atoms with Gasteiger partial charge in [0.05, 0.1) is 5.69 Å². The SMILES string of the molecule is COCCCCCNS(=O)(=O)c1ccc(F)cc1N. The highest BCUT2D eigenvalue weighted by Crippen LogP contribution is 2.18. The van der Waals surface area contributed by atoms with Crippen LogP contribution in [0.3, 0.4) is 0 Å². The van der Waals surface area contributed by atoms with Gasteiger partial charge in [-0.1, -0.05) is 0 Å². The molecule has 1 aromatic rings. The van der Waals surface area contributed by atoms with Crippen molar-refractivity contribution in [1.82, 2.24) is 4.72 Å². The zero-order chi connectivity index (χ0) is 14.3. The highest BCUT2D eigenvalue weighted by Gasteiger charge is 2.16. The average Bonchev–Trinajstić information content (AvgIpc) is 2.33. The number of hydrogen-bond donors (Lipinski definition) is 2. The van der Waals surface area contributed by atoms with E-state index in [-0.39, 0.29) is 10.6 Å². The number of benzene rings is 1. The van der Waals surface area contributed by atoms with Crippen LogP contribution < -0.4 is 10.5 Å². The summed E-state index contributed by atoms with van der Waals surface area (Å²) < 4.78 is 44.0. The van der Waals surface area contributed by atoms with E-state index in [1.54, 1.807) is 7.11 Å². The molecular weight excluding hydrogens is 271 g/mol. The number of rotatable bonds is 8. The molecule has 0 atom stereocenters. The van der Waals surface area contributed by atoms with E-state index in [9.17, 15) is 12.8 Å². The second kappa shape index (κ2) is 7.42. The van der Waals surface area contributed by atoms with Gasteiger partial charge >= 0.3 is 0 Å². The summed E-state index contributed by atoms with van der Waals surface area (Å²) in [5.41, 5.74) is 5.41. The van der Waals surface area contributed by atoms with Crippen LogP contribution in [0, 0.1) is 5.82 Å². The Morgan fingerprint density at radius 2 is 2.05 bits per heavy atom. The minimum absolute atomic E-state index is 0.0908. The van der Waals surface area contributed by atoms with Crippen LogP contribution in [-0.2, 0) is 14.8 Å². The molecule has 108 valence electrons. The van der Waals surface area contributed by atoms with Gasteiger partial charge in [0.15, 0.2) is 0 Å². The molecule has 0 amide bonds. The van der Waals surface area contributed by atoms with Crippen molar-refractivity contribution in [1.29, 1.82) is 0 Å². The van der Waals surface area contributed by atoms with Crippen LogP contribution in [0.1, 0.15) is 19.3 Å². The maximum absolute atomic E-state index is 12.9. The van der Waals surface area contributed by atoms with Crippen molar-refractivity contribution < 1.29 is 17.5 Å². The number of methoxy groups -OCH3 is 1. The van der Waals surface area contributed by atoms with Crippen molar-refractivity contribution in [3.8, 4) is 0 Å². The molecule has 0 aliphatic rings. The molecule has 0 aliphatic carbocycles. The summed E-state index contributed by atoms with van der Waals surface area (Å²) in [7, 11) is -2.05. The summed E-state index contributed by atoms with van der Waals surface area (Å²) in [5.74, 6) is -0.559. The molecule has 0 aromatic heterocycles. The van der Waals surface area contributed by atoms with Crippen molar-refractivity contribution in [3.05, 3.63) is 24.0 Å². The lowest BCUT2D eigenvalue weighted by atomic mass is 10.2. The lowest BCUT2D eigenvalue weighted by Gasteiger charge is -2.09. The number of sulfonamides is 1. The smallest absolute Gasteiger partial charge is 0.242 e. The van der Waals surface area contributed by atoms with Crippen molar-refractivity contribution >= 4 is 15.7 Å². The largest absolute Gasteiger partial charge is 0.398 e. The lowest BCUT2D eigenvalue weighted by Crippen LogP contribution is -2.25. The first-order valence-corrected chi connectivity index (χ1v) is 7.49. The lowest BCUT2D eigenvalue weighted by molar-refractivity contribution is 0.192. The number of nitrogens with one attached hydrogen (secondary N) is 1. The van der Waals surface area contributed by atoms with E-state index in [2.05, 4.69) is 4.72 Å². The van der Waals surface area contributed by atoms with Crippen LogP contribution in [0.15, 0.2) is 23.1 Å². The predicted octanol–water partition coefficient (Wildman–Crippen LogP) is 1.50. The van der Waals surface area contributed by atoms with Gasteiger partial charge in [-0.25, -0.2) is 17.5 Å². The van der Waals surface area contributed by atoms with Crippen LogP contribution in [0.4, 0.5) is 10.1 Å². The predicted molar refractivity (Wildman–Crippen MR) is 71.7 cm³/mol. The Bertz CT molecular complexity index is 506. The summed E-state index contributed by atoms with van der Waals surface area (Å²) in [6.07, 6.45) is 2.47. The standard InChI is InChI=1S/C12H19FN2O3S/c1-18-8-4-2-3-7-15-19(16,17)12-6-5-10(13)9-11(12)14/h5-6,9,15H,2-4,7-8,14H2,1H3. The van der Waals surface area contributed by atoms with Gasteiger partial charge in [0.25, 0.3) is 0 Å². The Labute approximate surface area is 113 Å². The van der Waals surface area contributed by atoms with E-state index in [1.165, 1.54) is 0 Å². The number of unbranched alkanes of at least 4 members (excludes halogenated alkanes) is 2. The van der Waals surface area contributed by atoms with Gasteiger partial charge in [-0.15, -0.1) is 0 Å². The van der Waals surface area contributed by atoms with Crippen molar-refractivity contribution in [2.24, 2.45) is 0 Å². The molecule has 0 fully saturated rings. The van der Waals surface area contributed by atoms with E-state index < -0.39 is 15.8 Å².